The van der Waals surface area contributed by atoms with Crippen LogP contribution in [-0.4, -0.2) is 53.5 Å². The predicted molar refractivity (Wildman–Crippen MR) is 100 cm³/mol. The Morgan fingerprint density at radius 1 is 1.41 bits per heavy atom. The number of rotatable bonds is 6. The first-order valence-electron chi connectivity index (χ1n) is 8.73. The lowest BCUT2D eigenvalue weighted by molar-refractivity contribution is -0.147. The van der Waals surface area contributed by atoms with Crippen LogP contribution in [0.4, 0.5) is 4.39 Å². The van der Waals surface area contributed by atoms with Crippen LogP contribution in [-0.2, 0) is 14.3 Å². The SMILES string of the molecule is CCCCOC(=O)C[C@@H]1C(=O)NCCN1C(=S)NC(=O)c1ccccc1F. The fraction of sp³-hybridized carbons (Fsp3) is 0.444. The number of nitrogens with zero attached hydrogens (tertiary/aromatic N) is 1. The summed E-state index contributed by atoms with van der Waals surface area (Å²) in [7, 11) is 0. The van der Waals surface area contributed by atoms with Crippen LogP contribution in [0.5, 0.6) is 0 Å². The van der Waals surface area contributed by atoms with Gasteiger partial charge in [0.25, 0.3) is 5.91 Å². The molecule has 2 rings (SSSR count). The number of ether oxygens (including phenoxy) is 1. The molecule has 1 aromatic carbocycles. The molecule has 0 aromatic heterocycles. The van der Waals surface area contributed by atoms with E-state index in [2.05, 4.69) is 10.6 Å². The van der Waals surface area contributed by atoms with Crippen molar-refractivity contribution in [2.45, 2.75) is 32.2 Å². The molecule has 0 saturated carbocycles. The molecule has 2 N–H and O–H groups in total. The smallest absolute Gasteiger partial charge is 0.308 e. The molecule has 1 saturated heterocycles. The average Bonchev–Trinajstić information content (AvgIpc) is 2.63. The molecule has 1 atom stereocenters. The Hall–Kier alpha value is -2.55. The number of halogens is 1. The summed E-state index contributed by atoms with van der Waals surface area (Å²) in [4.78, 5) is 37.9. The number of benzene rings is 1. The zero-order valence-electron chi connectivity index (χ0n) is 15.0. The number of piperazine rings is 1. The van der Waals surface area contributed by atoms with Gasteiger partial charge in [0.15, 0.2) is 5.11 Å². The first-order chi connectivity index (χ1) is 12.9. The minimum atomic E-state index is -0.888. The maximum absolute atomic E-state index is 13.7. The van der Waals surface area contributed by atoms with Crippen LogP contribution in [0.2, 0.25) is 0 Å². The third kappa shape index (κ3) is 5.72. The Balaban J connectivity index is 2.03. The second kappa shape index (κ2) is 9.96. The van der Waals surface area contributed by atoms with E-state index < -0.39 is 23.7 Å². The van der Waals surface area contributed by atoms with Gasteiger partial charge in [-0.3, -0.25) is 19.7 Å². The fourth-order valence-electron chi connectivity index (χ4n) is 2.59. The van der Waals surface area contributed by atoms with Crippen LogP contribution in [0.15, 0.2) is 24.3 Å². The second-order valence-electron chi connectivity index (χ2n) is 6.02. The van der Waals surface area contributed by atoms with E-state index in [-0.39, 0.29) is 29.6 Å². The van der Waals surface area contributed by atoms with Crippen LogP contribution < -0.4 is 10.6 Å². The molecule has 0 unspecified atom stereocenters. The highest BCUT2D eigenvalue weighted by atomic mass is 32.1. The zero-order valence-corrected chi connectivity index (χ0v) is 15.8. The minimum absolute atomic E-state index is 0.0375. The number of thiocarbonyl (C=S) groups is 1. The summed E-state index contributed by atoms with van der Waals surface area (Å²) in [6.45, 7) is 2.89. The standard InChI is InChI=1S/C18H22FN3O4S/c1-2-3-10-26-15(23)11-14-17(25)20-8-9-22(14)18(27)21-16(24)12-6-4-5-7-13(12)19/h4-7,14H,2-3,8-11H2,1H3,(H,20,25)(H,21,24,27)/t14-/m1/s1. The monoisotopic (exact) mass is 395 g/mol. The van der Waals surface area contributed by atoms with Crippen molar-refractivity contribution >= 4 is 35.1 Å². The number of hydrogen-bond acceptors (Lipinski definition) is 5. The quantitative estimate of drug-likeness (QED) is 0.430. The molecule has 9 heteroatoms. The first-order valence-corrected chi connectivity index (χ1v) is 9.14. The first kappa shape index (κ1) is 20.8. The summed E-state index contributed by atoms with van der Waals surface area (Å²) >= 11 is 5.22. The molecule has 1 aliphatic rings. The van der Waals surface area contributed by atoms with Gasteiger partial charge >= 0.3 is 5.97 Å². The average molecular weight is 395 g/mol. The van der Waals surface area contributed by atoms with E-state index in [0.717, 1.165) is 12.8 Å². The Labute approximate surface area is 162 Å². The van der Waals surface area contributed by atoms with Crippen molar-refractivity contribution in [1.29, 1.82) is 0 Å². The van der Waals surface area contributed by atoms with Crippen molar-refractivity contribution in [3.05, 3.63) is 35.6 Å². The van der Waals surface area contributed by atoms with Gasteiger partial charge < -0.3 is 15.0 Å². The molecule has 1 aromatic rings. The molecule has 0 spiro atoms. The Bertz CT molecular complexity index is 728. The van der Waals surface area contributed by atoms with Crippen molar-refractivity contribution < 1.29 is 23.5 Å². The number of esters is 1. The normalized spacial score (nSPS) is 16.4. The van der Waals surface area contributed by atoms with Gasteiger partial charge in [-0.15, -0.1) is 0 Å². The van der Waals surface area contributed by atoms with Gasteiger partial charge in [0, 0.05) is 13.1 Å². The van der Waals surface area contributed by atoms with Gasteiger partial charge in [-0.2, -0.15) is 0 Å². The van der Waals surface area contributed by atoms with E-state index in [1.54, 1.807) is 0 Å². The predicted octanol–water partition coefficient (Wildman–Crippen LogP) is 1.37. The molecule has 146 valence electrons. The van der Waals surface area contributed by atoms with E-state index in [1.807, 2.05) is 6.92 Å². The summed E-state index contributed by atoms with van der Waals surface area (Å²) in [5.74, 6) is -2.28. The van der Waals surface area contributed by atoms with Crippen LogP contribution in [0.3, 0.4) is 0 Å². The van der Waals surface area contributed by atoms with E-state index in [0.29, 0.717) is 13.1 Å². The molecular weight excluding hydrogens is 373 g/mol. The van der Waals surface area contributed by atoms with Crippen molar-refractivity contribution in [3.8, 4) is 0 Å². The van der Waals surface area contributed by atoms with E-state index in [9.17, 15) is 18.8 Å². The molecule has 0 bridgehead atoms. The molecule has 27 heavy (non-hydrogen) atoms. The van der Waals surface area contributed by atoms with Crippen LogP contribution in [0, 0.1) is 5.82 Å². The summed E-state index contributed by atoms with van der Waals surface area (Å²) < 4.78 is 18.8. The van der Waals surface area contributed by atoms with Crippen molar-refractivity contribution in [3.63, 3.8) is 0 Å². The highest BCUT2D eigenvalue weighted by molar-refractivity contribution is 7.80. The lowest BCUT2D eigenvalue weighted by Gasteiger charge is -2.36. The van der Waals surface area contributed by atoms with Crippen molar-refractivity contribution in [1.82, 2.24) is 15.5 Å². The molecular formula is C18H22FN3O4S. The summed E-state index contributed by atoms with van der Waals surface area (Å²) in [6.07, 6.45) is 1.43. The van der Waals surface area contributed by atoms with E-state index in [4.69, 9.17) is 17.0 Å². The number of nitrogens with one attached hydrogen (secondary N) is 2. The van der Waals surface area contributed by atoms with Crippen molar-refractivity contribution in [2.24, 2.45) is 0 Å². The van der Waals surface area contributed by atoms with Gasteiger partial charge in [-0.05, 0) is 30.8 Å². The maximum atomic E-state index is 13.7. The van der Waals surface area contributed by atoms with Crippen LogP contribution in [0.25, 0.3) is 0 Å². The Morgan fingerprint density at radius 3 is 2.85 bits per heavy atom. The summed E-state index contributed by atoms with van der Waals surface area (Å²) in [5, 5.41) is 5.05. The van der Waals surface area contributed by atoms with Gasteiger partial charge in [-0.25, -0.2) is 4.39 Å². The molecule has 0 aliphatic carbocycles. The molecule has 1 fully saturated rings. The molecule has 1 heterocycles. The Kier molecular flexibility index (Phi) is 7.66. The van der Waals surface area contributed by atoms with Crippen LogP contribution in [0.1, 0.15) is 36.5 Å². The summed E-state index contributed by atoms with van der Waals surface area (Å²) in [6, 6.07) is 4.62. The van der Waals surface area contributed by atoms with Gasteiger partial charge in [0.1, 0.15) is 11.9 Å². The Morgan fingerprint density at radius 2 is 2.15 bits per heavy atom. The topological polar surface area (TPSA) is 87.7 Å². The third-order valence-electron chi connectivity index (χ3n) is 4.05. The van der Waals surface area contributed by atoms with E-state index in [1.165, 1.54) is 29.2 Å². The number of hydrogen-bond donors (Lipinski definition) is 2. The second-order valence-corrected chi connectivity index (χ2v) is 6.40. The minimum Gasteiger partial charge on any atom is -0.466 e. The number of amides is 2. The fourth-order valence-corrected chi connectivity index (χ4v) is 2.90. The maximum Gasteiger partial charge on any atom is 0.308 e. The third-order valence-corrected chi connectivity index (χ3v) is 4.39. The van der Waals surface area contributed by atoms with Gasteiger partial charge in [-0.1, -0.05) is 25.5 Å². The van der Waals surface area contributed by atoms with Gasteiger partial charge in [0.05, 0.1) is 18.6 Å². The number of carbonyl (C=O) groups excluding carboxylic acids is 3. The highest BCUT2D eigenvalue weighted by Crippen LogP contribution is 2.12. The van der Waals surface area contributed by atoms with E-state index >= 15 is 0 Å². The number of unbranched alkanes of at least 4 members (excludes halogenated alkanes) is 1. The number of carbonyl (C=O) groups is 3. The lowest BCUT2D eigenvalue weighted by atomic mass is 10.1. The molecule has 0 radical (unpaired) electrons. The zero-order chi connectivity index (χ0) is 19.8. The molecule has 7 nitrogen and oxygen atoms in total. The molecule has 2 amide bonds. The largest absolute Gasteiger partial charge is 0.466 e. The van der Waals surface area contributed by atoms with Crippen LogP contribution >= 0.6 is 12.2 Å². The highest BCUT2D eigenvalue weighted by Gasteiger charge is 2.34. The van der Waals surface area contributed by atoms with Gasteiger partial charge in [0.2, 0.25) is 5.91 Å². The summed E-state index contributed by atoms with van der Waals surface area (Å²) in [5.41, 5.74) is -0.156. The van der Waals surface area contributed by atoms with Crippen molar-refractivity contribution in [2.75, 3.05) is 19.7 Å². The molecule has 1 aliphatic heterocycles. The lowest BCUT2D eigenvalue weighted by Crippen LogP contribution is -2.60.